The van der Waals surface area contributed by atoms with Crippen molar-refractivity contribution in [2.24, 2.45) is 0 Å². The van der Waals surface area contributed by atoms with E-state index in [0.717, 1.165) is 11.1 Å². The molecular formula is C23H24N2O3S. The van der Waals surface area contributed by atoms with Crippen molar-refractivity contribution in [3.8, 4) is 0 Å². The van der Waals surface area contributed by atoms with Gasteiger partial charge in [0, 0.05) is 25.1 Å². The highest BCUT2D eigenvalue weighted by Gasteiger charge is 2.17. The molecule has 29 heavy (non-hydrogen) atoms. The third kappa shape index (κ3) is 5.76. The fourth-order valence-electron chi connectivity index (χ4n) is 3.24. The topological polar surface area (TPSA) is 75.3 Å². The molecule has 0 spiro atoms. The molecule has 0 unspecified atom stereocenters. The number of nitrogens with one attached hydrogen (secondary N) is 2. The van der Waals surface area contributed by atoms with Gasteiger partial charge in [-0.25, -0.2) is 13.1 Å². The summed E-state index contributed by atoms with van der Waals surface area (Å²) in [6.45, 7) is 1.71. The van der Waals surface area contributed by atoms with Crippen LogP contribution in [0.1, 0.15) is 30.4 Å². The van der Waals surface area contributed by atoms with Crippen LogP contribution >= 0.6 is 0 Å². The van der Waals surface area contributed by atoms with E-state index in [2.05, 4.69) is 34.3 Å². The average molecular weight is 409 g/mol. The van der Waals surface area contributed by atoms with Gasteiger partial charge in [-0.15, -0.1) is 0 Å². The predicted octanol–water partition coefficient (Wildman–Crippen LogP) is 4.15. The molecule has 0 heterocycles. The van der Waals surface area contributed by atoms with E-state index in [1.165, 1.54) is 19.1 Å². The summed E-state index contributed by atoms with van der Waals surface area (Å²) in [4.78, 5) is 11.3. The zero-order chi connectivity index (χ0) is 20.7. The van der Waals surface area contributed by atoms with Gasteiger partial charge in [0.05, 0.1) is 4.90 Å². The van der Waals surface area contributed by atoms with E-state index in [9.17, 15) is 13.2 Å². The number of rotatable bonds is 8. The molecule has 0 radical (unpaired) electrons. The lowest BCUT2D eigenvalue weighted by molar-refractivity contribution is -0.114. The Morgan fingerprint density at radius 3 is 1.83 bits per heavy atom. The molecule has 150 valence electrons. The molecule has 3 aromatic carbocycles. The van der Waals surface area contributed by atoms with Gasteiger partial charge in [0.1, 0.15) is 0 Å². The van der Waals surface area contributed by atoms with Crippen LogP contribution in [0.5, 0.6) is 0 Å². The minimum atomic E-state index is -3.63. The second-order valence-electron chi connectivity index (χ2n) is 6.77. The van der Waals surface area contributed by atoms with Gasteiger partial charge in [0.2, 0.25) is 15.9 Å². The van der Waals surface area contributed by atoms with Gasteiger partial charge in [-0.2, -0.15) is 0 Å². The molecule has 6 heteroatoms. The number of amides is 1. The van der Waals surface area contributed by atoms with Crippen molar-refractivity contribution in [2.45, 2.75) is 24.2 Å². The van der Waals surface area contributed by atoms with Gasteiger partial charge in [-0.05, 0) is 41.8 Å². The molecule has 5 nitrogen and oxygen atoms in total. The number of benzene rings is 3. The van der Waals surface area contributed by atoms with E-state index in [1.54, 1.807) is 12.1 Å². The predicted molar refractivity (Wildman–Crippen MR) is 115 cm³/mol. The summed E-state index contributed by atoms with van der Waals surface area (Å²) in [5.74, 6) is -0.103. The van der Waals surface area contributed by atoms with E-state index >= 15 is 0 Å². The molecule has 3 aromatic rings. The van der Waals surface area contributed by atoms with Gasteiger partial charge >= 0.3 is 0 Å². The second kappa shape index (κ2) is 9.49. The molecule has 0 fully saturated rings. The van der Waals surface area contributed by atoms with Crippen molar-refractivity contribution < 1.29 is 13.2 Å². The Morgan fingerprint density at radius 1 is 0.828 bits per heavy atom. The van der Waals surface area contributed by atoms with Gasteiger partial charge in [0.25, 0.3) is 0 Å². The highest BCUT2D eigenvalue weighted by Crippen LogP contribution is 2.27. The van der Waals surface area contributed by atoms with Crippen LogP contribution in [-0.4, -0.2) is 20.9 Å². The zero-order valence-electron chi connectivity index (χ0n) is 16.2. The first kappa shape index (κ1) is 20.8. The van der Waals surface area contributed by atoms with Crippen molar-refractivity contribution in [2.75, 3.05) is 11.9 Å². The average Bonchev–Trinajstić information content (AvgIpc) is 2.72. The number of hydrogen-bond acceptors (Lipinski definition) is 3. The lowest BCUT2D eigenvalue weighted by Crippen LogP contribution is -2.26. The normalized spacial score (nSPS) is 11.4. The van der Waals surface area contributed by atoms with Crippen LogP contribution < -0.4 is 10.0 Å². The molecule has 1 amide bonds. The van der Waals surface area contributed by atoms with Crippen LogP contribution in [0.4, 0.5) is 5.69 Å². The monoisotopic (exact) mass is 408 g/mol. The van der Waals surface area contributed by atoms with Gasteiger partial charge in [0.15, 0.2) is 0 Å². The van der Waals surface area contributed by atoms with Crippen molar-refractivity contribution >= 4 is 21.6 Å². The minimum absolute atomic E-state index is 0.0993. The summed E-state index contributed by atoms with van der Waals surface area (Å²) in [6, 6.07) is 26.3. The lowest BCUT2D eigenvalue weighted by atomic mass is 9.89. The molecule has 0 aromatic heterocycles. The highest BCUT2D eigenvalue weighted by molar-refractivity contribution is 7.89. The molecule has 0 aliphatic rings. The minimum Gasteiger partial charge on any atom is -0.326 e. The van der Waals surface area contributed by atoms with Crippen molar-refractivity contribution in [3.63, 3.8) is 0 Å². The van der Waals surface area contributed by atoms with Crippen LogP contribution in [0.25, 0.3) is 0 Å². The number of hydrogen-bond donors (Lipinski definition) is 2. The van der Waals surface area contributed by atoms with Gasteiger partial charge in [-0.1, -0.05) is 60.7 Å². The van der Waals surface area contributed by atoms with Crippen LogP contribution in [0.2, 0.25) is 0 Å². The quantitative estimate of drug-likeness (QED) is 0.588. The molecule has 0 atom stereocenters. The van der Waals surface area contributed by atoms with E-state index in [-0.39, 0.29) is 16.7 Å². The fourth-order valence-corrected chi connectivity index (χ4v) is 4.29. The maximum Gasteiger partial charge on any atom is 0.240 e. The smallest absolute Gasteiger partial charge is 0.240 e. The molecular weight excluding hydrogens is 384 g/mol. The SMILES string of the molecule is CC(=O)Nc1ccc(S(=O)(=O)NCCC(c2ccccc2)c2ccccc2)cc1. The maximum absolute atomic E-state index is 12.6. The maximum atomic E-state index is 12.6. The third-order valence-electron chi connectivity index (χ3n) is 4.61. The highest BCUT2D eigenvalue weighted by atomic mass is 32.2. The summed E-state index contributed by atoms with van der Waals surface area (Å²) < 4.78 is 27.9. The van der Waals surface area contributed by atoms with Crippen LogP contribution in [-0.2, 0) is 14.8 Å². The van der Waals surface area contributed by atoms with Crippen molar-refractivity contribution in [3.05, 3.63) is 96.1 Å². The van der Waals surface area contributed by atoms with Crippen molar-refractivity contribution in [1.29, 1.82) is 0 Å². The Kier molecular flexibility index (Phi) is 6.80. The summed E-state index contributed by atoms with van der Waals surface area (Å²) in [6.07, 6.45) is 0.636. The fraction of sp³-hybridized carbons (Fsp3) is 0.174. The van der Waals surface area contributed by atoms with Crippen LogP contribution in [0.15, 0.2) is 89.8 Å². The Morgan fingerprint density at radius 2 is 1.34 bits per heavy atom. The van der Waals surface area contributed by atoms with Crippen molar-refractivity contribution in [1.82, 2.24) is 4.72 Å². The summed E-state index contributed by atoms with van der Waals surface area (Å²) >= 11 is 0. The van der Waals surface area contributed by atoms with E-state index in [1.807, 2.05) is 36.4 Å². The van der Waals surface area contributed by atoms with Gasteiger partial charge < -0.3 is 5.32 Å². The zero-order valence-corrected chi connectivity index (χ0v) is 17.0. The summed E-state index contributed by atoms with van der Waals surface area (Å²) in [5.41, 5.74) is 2.86. The van der Waals surface area contributed by atoms with Gasteiger partial charge in [-0.3, -0.25) is 4.79 Å². The number of carbonyl (C=O) groups is 1. The Hall–Kier alpha value is -2.96. The third-order valence-corrected chi connectivity index (χ3v) is 6.09. The number of anilines is 1. The van der Waals surface area contributed by atoms with Crippen LogP contribution in [0.3, 0.4) is 0 Å². The standard InChI is InChI=1S/C23H24N2O3S/c1-18(26)25-21-12-14-22(15-13-21)29(27,28)24-17-16-23(19-8-4-2-5-9-19)20-10-6-3-7-11-20/h2-15,23-24H,16-17H2,1H3,(H,25,26). The molecule has 0 saturated carbocycles. The Balaban J connectivity index is 1.69. The molecule has 0 aliphatic heterocycles. The summed E-state index contributed by atoms with van der Waals surface area (Å²) in [7, 11) is -3.63. The molecule has 3 rings (SSSR count). The van der Waals surface area contributed by atoms with E-state index in [0.29, 0.717) is 18.7 Å². The first-order chi connectivity index (χ1) is 14.0. The molecule has 0 saturated heterocycles. The summed E-state index contributed by atoms with van der Waals surface area (Å²) in [5, 5.41) is 2.62. The lowest BCUT2D eigenvalue weighted by Gasteiger charge is -2.18. The largest absolute Gasteiger partial charge is 0.326 e. The van der Waals surface area contributed by atoms with Crippen LogP contribution in [0, 0.1) is 0 Å². The second-order valence-corrected chi connectivity index (χ2v) is 8.53. The first-order valence-electron chi connectivity index (χ1n) is 9.43. The molecule has 0 bridgehead atoms. The Labute approximate surface area is 171 Å². The number of carbonyl (C=O) groups excluding carboxylic acids is 1. The number of sulfonamides is 1. The van der Waals surface area contributed by atoms with E-state index in [4.69, 9.17) is 0 Å². The van der Waals surface area contributed by atoms with E-state index < -0.39 is 10.0 Å². The Bertz CT molecular complexity index is 995. The molecule has 2 N–H and O–H groups in total. The molecule has 0 aliphatic carbocycles. The first-order valence-corrected chi connectivity index (χ1v) is 10.9.